The second-order valence-corrected chi connectivity index (χ2v) is 12.6. The number of fused-ring (bicyclic) bond motifs is 8. The molecule has 9 rings (SSSR count). The molecule has 0 N–H and O–H groups in total. The van der Waals surface area contributed by atoms with Crippen molar-refractivity contribution in [1.29, 1.82) is 5.26 Å². The van der Waals surface area contributed by atoms with Crippen molar-refractivity contribution in [3.05, 3.63) is 192 Å². The first-order chi connectivity index (χ1) is 25.2. The Morgan fingerprint density at radius 3 is 1.94 bits per heavy atom. The number of aromatic nitrogens is 3. The zero-order valence-corrected chi connectivity index (χ0v) is 27.8. The van der Waals surface area contributed by atoms with Crippen molar-refractivity contribution in [1.82, 2.24) is 15.0 Å². The third kappa shape index (κ3) is 4.44. The van der Waals surface area contributed by atoms with Gasteiger partial charge in [-0.05, 0) is 52.8 Å². The van der Waals surface area contributed by atoms with Gasteiger partial charge < -0.3 is 4.74 Å². The van der Waals surface area contributed by atoms with Crippen molar-refractivity contribution < 1.29 is 4.74 Å². The molecule has 1 atom stereocenters. The Kier molecular flexibility index (Phi) is 7.05. The van der Waals surface area contributed by atoms with Gasteiger partial charge in [-0.2, -0.15) is 5.26 Å². The molecule has 0 bridgehead atoms. The van der Waals surface area contributed by atoms with Gasteiger partial charge in [-0.25, -0.2) is 15.0 Å². The van der Waals surface area contributed by atoms with Crippen LogP contribution in [0.1, 0.15) is 34.7 Å². The first-order valence-corrected chi connectivity index (χ1v) is 16.9. The number of allylic oxidation sites excluding steroid dienone is 5. The first-order valence-electron chi connectivity index (χ1n) is 16.9. The lowest BCUT2D eigenvalue weighted by Crippen LogP contribution is -2.33. The molecule has 0 saturated heterocycles. The minimum atomic E-state index is -0.848. The number of hydrogen-bond donors (Lipinski definition) is 0. The number of hydrogen-bond acceptors (Lipinski definition) is 5. The molecule has 6 aromatic carbocycles. The lowest BCUT2D eigenvalue weighted by atomic mass is 9.64. The van der Waals surface area contributed by atoms with Crippen LogP contribution in [0.2, 0.25) is 0 Å². The summed E-state index contributed by atoms with van der Waals surface area (Å²) in [6, 6.07) is 47.0. The van der Waals surface area contributed by atoms with Crippen LogP contribution >= 0.6 is 0 Å². The maximum atomic E-state index is 10.5. The molecule has 2 aliphatic rings. The van der Waals surface area contributed by atoms with E-state index in [9.17, 15) is 5.26 Å². The van der Waals surface area contributed by atoms with Crippen LogP contribution in [0.15, 0.2) is 164 Å². The Morgan fingerprint density at radius 1 is 0.667 bits per heavy atom. The molecule has 0 saturated carbocycles. The van der Waals surface area contributed by atoms with Crippen LogP contribution in [0.5, 0.6) is 11.5 Å². The highest BCUT2D eigenvalue weighted by atomic mass is 16.5. The van der Waals surface area contributed by atoms with E-state index in [1.807, 2.05) is 122 Å². The number of rotatable bonds is 5. The molecule has 0 amide bonds. The van der Waals surface area contributed by atoms with Crippen LogP contribution in [0, 0.1) is 11.3 Å². The zero-order valence-electron chi connectivity index (χ0n) is 27.8. The molecule has 2 heterocycles. The summed E-state index contributed by atoms with van der Waals surface area (Å²) in [6.07, 6.45) is 6.20. The lowest BCUT2D eigenvalue weighted by molar-refractivity contribution is 0.437. The van der Waals surface area contributed by atoms with Crippen LogP contribution in [-0.4, -0.2) is 15.0 Å². The maximum Gasteiger partial charge on any atom is 0.167 e. The highest BCUT2D eigenvalue weighted by Gasteiger charge is 2.52. The highest BCUT2D eigenvalue weighted by molar-refractivity contribution is 6.06. The molecule has 7 aromatic rings. The van der Waals surface area contributed by atoms with E-state index in [1.54, 1.807) is 0 Å². The summed E-state index contributed by atoms with van der Waals surface area (Å²) < 4.78 is 6.95. The van der Waals surface area contributed by atoms with Crippen molar-refractivity contribution in [2.75, 3.05) is 0 Å². The summed E-state index contributed by atoms with van der Waals surface area (Å²) in [7, 11) is 0. The zero-order chi connectivity index (χ0) is 34.5. The van der Waals surface area contributed by atoms with Gasteiger partial charge in [0.1, 0.15) is 11.5 Å². The van der Waals surface area contributed by atoms with E-state index in [0.717, 1.165) is 66.6 Å². The number of benzene rings is 6. The maximum absolute atomic E-state index is 10.5. The lowest BCUT2D eigenvalue weighted by Gasteiger charge is -2.40. The van der Waals surface area contributed by atoms with E-state index in [-0.39, 0.29) is 0 Å². The second kappa shape index (κ2) is 11.9. The van der Waals surface area contributed by atoms with E-state index >= 15 is 0 Å². The molecule has 5 heteroatoms. The summed E-state index contributed by atoms with van der Waals surface area (Å²) in [5, 5.41) is 12.5. The Bertz CT molecular complexity index is 2590. The molecule has 1 aliphatic heterocycles. The van der Waals surface area contributed by atoms with Crippen molar-refractivity contribution in [2.24, 2.45) is 0 Å². The van der Waals surface area contributed by atoms with Crippen LogP contribution in [0.25, 0.3) is 50.5 Å². The van der Waals surface area contributed by atoms with Gasteiger partial charge in [-0.1, -0.05) is 140 Å². The summed E-state index contributed by atoms with van der Waals surface area (Å²) in [4.78, 5) is 15.1. The normalized spacial score (nSPS) is 15.7. The Morgan fingerprint density at radius 2 is 1.27 bits per heavy atom. The molecule has 1 spiro atoms. The fraction of sp³-hybridized carbons (Fsp3) is 0.0435. The monoisotopic (exact) mass is 654 g/mol. The Hall–Kier alpha value is -6.90. The standard InChI is InChI=1S/C46H30N4O/c1-3-16-34-36(4-2)46(39-27-31(28-47)32-21-11-12-22-33(32)41(34)39)37-24-13-14-26-40(37)51-42-35(23-15-25-38(42)46)45-49-43(29-17-7-5-8-18-29)48-44(50-45)30-19-9-6-10-20-30/h3-27H,2H2,1H3/b16-3-. The highest BCUT2D eigenvalue weighted by Crippen LogP contribution is 2.63. The molecule has 5 nitrogen and oxygen atoms in total. The van der Waals surface area contributed by atoms with Gasteiger partial charge in [0.15, 0.2) is 17.5 Å². The van der Waals surface area contributed by atoms with Gasteiger partial charge in [-0.15, -0.1) is 0 Å². The Balaban J connectivity index is 1.40. The topological polar surface area (TPSA) is 71.7 Å². The van der Waals surface area contributed by atoms with Crippen molar-refractivity contribution in [2.45, 2.75) is 12.3 Å². The SMILES string of the molecule is C=CC1=C(/C=C\C)c2c(cc(C#N)c3ccccc23)C12c1ccccc1Oc1c(-c3nc(-c4ccccc4)nc(-c4ccccc4)n3)cccc12. The molecule has 0 fully saturated rings. The Labute approximate surface area is 296 Å². The van der Waals surface area contributed by atoms with Gasteiger partial charge in [0, 0.05) is 27.6 Å². The van der Waals surface area contributed by atoms with Crippen LogP contribution in [-0.2, 0) is 5.41 Å². The number of nitrogens with zero attached hydrogens (tertiary/aromatic N) is 4. The van der Waals surface area contributed by atoms with E-state index in [2.05, 4.69) is 49.1 Å². The number of ether oxygens (including phenoxy) is 1. The fourth-order valence-corrected chi connectivity index (χ4v) is 7.89. The molecular weight excluding hydrogens is 625 g/mol. The van der Waals surface area contributed by atoms with Gasteiger partial charge >= 0.3 is 0 Å². The molecule has 0 radical (unpaired) electrons. The van der Waals surface area contributed by atoms with E-state index in [4.69, 9.17) is 19.7 Å². The van der Waals surface area contributed by atoms with Gasteiger partial charge in [0.2, 0.25) is 0 Å². The smallest absolute Gasteiger partial charge is 0.167 e. The minimum Gasteiger partial charge on any atom is -0.456 e. The van der Waals surface area contributed by atoms with Crippen LogP contribution in [0.3, 0.4) is 0 Å². The van der Waals surface area contributed by atoms with Gasteiger partial charge in [0.05, 0.1) is 22.6 Å². The average molecular weight is 655 g/mol. The first kappa shape index (κ1) is 30.2. The molecule has 1 aliphatic carbocycles. The van der Waals surface area contributed by atoms with Crippen LogP contribution in [0.4, 0.5) is 0 Å². The second-order valence-electron chi connectivity index (χ2n) is 12.6. The fourth-order valence-electron chi connectivity index (χ4n) is 7.89. The number of para-hydroxylation sites is 2. The minimum absolute atomic E-state index is 0.501. The molecule has 1 unspecified atom stereocenters. The third-order valence-corrected chi connectivity index (χ3v) is 9.93. The van der Waals surface area contributed by atoms with E-state index in [0.29, 0.717) is 28.8 Å². The average Bonchev–Trinajstić information content (AvgIpc) is 3.47. The van der Waals surface area contributed by atoms with Crippen LogP contribution < -0.4 is 4.74 Å². The molecule has 51 heavy (non-hydrogen) atoms. The molecular formula is C46H30N4O. The third-order valence-electron chi connectivity index (χ3n) is 9.93. The summed E-state index contributed by atoms with van der Waals surface area (Å²) >= 11 is 0. The molecule has 1 aromatic heterocycles. The van der Waals surface area contributed by atoms with Gasteiger partial charge in [0.25, 0.3) is 0 Å². The van der Waals surface area contributed by atoms with Gasteiger partial charge in [-0.3, -0.25) is 0 Å². The summed E-state index contributed by atoms with van der Waals surface area (Å²) in [5.74, 6) is 3.01. The van der Waals surface area contributed by atoms with Crippen molar-refractivity contribution >= 4 is 16.3 Å². The van der Waals surface area contributed by atoms with Crippen molar-refractivity contribution in [3.63, 3.8) is 0 Å². The quantitative estimate of drug-likeness (QED) is 0.185. The summed E-state index contributed by atoms with van der Waals surface area (Å²) in [6.45, 7) is 6.45. The predicted octanol–water partition coefficient (Wildman–Crippen LogP) is 10.9. The predicted molar refractivity (Wildman–Crippen MR) is 203 cm³/mol. The largest absolute Gasteiger partial charge is 0.456 e. The van der Waals surface area contributed by atoms with E-state index in [1.165, 1.54) is 0 Å². The van der Waals surface area contributed by atoms with Crippen molar-refractivity contribution in [3.8, 4) is 51.7 Å². The molecule has 240 valence electrons. The summed E-state index contributed by atoms with van der Waals surface area (Å²) in [5.41, 5.74) is 8.38. The van der Waals surface area contributed by atoms with E-state index < -0.39 is 5.41 Å². The number of nitriles is 1.